The van der Waals surface area contributed by atoms with Gasteiger partial charge in [-0.2, -0.15) is 0 Å². The van der Waals surface area contributed by atoms with Crippen LogP contribution in [0, 0.1) is 3.57 Å². The third kappa shape index (κ3) is 4.59. The highest BCUT2D eigenvalue weighted by Gasteiger charge is 2.31. The molecule has 0 atom stereocenters. The molecule has 0 unspecified atom stereocenters. The lowest BCUT2D eigenvalue weighted by atomic mass is 10.2. The SMILES string of the molecule is FC(F)(F)Oc1cccc(CNc2ccccc2I)c1. The van der Waals surface area contributed by atoms with E-state index in [1.54, 1.807) is 6.07 Å². The molecular weight excluding hydrogens is 382 g/mol. The summed E-state index contributed by atoms with van der Waals surface area (Å²) < 4.78 is 41.4. The molecule has 0 spiro atoms. The zero-order valence-corrected chi connectivity index (χ0v) is 12.4. The van der Waals surface area contributed by atoms with Crippen molar-refractivity contribution in [1.29, 1.82) is 0 Å². The lowest BCUT2D eigenvalue weighted by Crippen LogP contribution is -2.17. The van der Waals surface area contributed by atoms with E-state index in [1.807, 2.05) is 24.3 Å². The summed E-state index contributed by atoms with van der Waals surface area (Å²) in [7, 11) is 0. The van der Waals surface area contributed by atoms with Gasteiger partial charge in [-0.3, -0.25) is 0 Å². The van der Waals surface area contributed by atoms with Crippen LogP contribution in [0.1, 0.15) is 5.56 Å². The Labute approximate surface area is 128 Å². The molecule has 106 valence electrons. The van der Waals surface area contributed by atoms with Gasteiger partial charge in [0.05, 0.1) is 0 Å². The number of alkyl halides is 3. The van der Waals surface area contributed by atoms with E-state index in [0.29, 0.717) is 12.1 Å². The molecule has 0 aliphatic rings. The molecule has 0 aromatic heterocycles. The van der Waals surface area contributed by atoms with Crippen LogP contribution in [0.3, 0.4) is 0 Å². The second-order valence-electron chi connectivity index (χ2n) is 4.03. The summed E-state index contributed by atoms with van der Waals surface area (Å²) in [5.41, 5.74) is 1.65. The minimum Gasteiger partial charge on any atom is -0.406 e. The summed E-state index contributed by atoms with van der Waals surface area (Å²) in [5, 5.41) is 3.17. The zero-order valence-electron chi connectivity index (χ0n) is 10.2. The molecule has 0 saturated heterocycles. The normalized spacial score (nSPS) is 11.2. The molecule has 0 aliphatic heterocycles. The first-order chi connectivity index (χ1) is 9.44. The Balaban J connectivity index is 2.03. The van der Waals surface area contributed by atoms with Crippen molar-refractivity contribution in [2.45, 2.75) is 12.9 Å². The molecule has 0 aliphatic carbocycles. The van der Waals surface area contributed by atoms with Gasteiger partial charge in [0.2, 0.25) is 0 Å². The number of benzene rings is 2. The van der Waals surface area contributed by atoms with Crippen molar-refractivity contribution in [2.75, 3.05) is 5.32 Å². The fourth-order valence-electron chi connectivity index (χ4n) is 1.65. The van der Waals surface area contributed by atoms with Gasteiger partial charge < -0.3 is 10.1 Å². The second kappa shape index (κ2) is 6.34. The van der Waals surface area contributed by atoms with Crippen molar-refractivity contribution in [2.24, 2.45) is 0 Å². The molecule has 20 heavy (non-hydrogen) atoms. The van der Waals surface area contributed by atoms with Crippen LogP contribution in [0.25, 0.3) is 0 Å². The Morgan fingerprint density at radius 2 is 1.80 bits per heavy atom. The first-order valence-corrected chi connectivity index (χ1v) is 6.85. The number of anilines is 1. The van der Waals surface area contributed by atoms with Gasteiger partial charge in [-0.25, -0.2) is 0 Å². The van der Waals surface area contributed by atoms with Gasteiger partial charge in [0.25, 0.3) is 0 Å². The molecule has 0 fully saturated rings. The molecule has 0 heterocycles. The topological polar surface area (TPSA) is 21.3 Å². The van der Waals surface area contributed by atoms with Gasteiger partial charge in [-0.05, 0) is 52.4 Å². The van der Waals surface area contributed by atoms with Crippen LogP contribution in [-0.4, -0.2) is 6.36 Å². The smallest absolute Gasteiger partial charge is 0.406 e. The molecule has 0 amide bonds. The number of nitrogens with one attached hydrogen (secondary N) is 1. The summed E-state index contributed by atoms with van der Waals surface area (Å²) >= 11 is 2.19. The predicted octanol–water partition coefficient (Wildman–Crippen LogP) is 4.80. The fraction of sp³-hybridized carbons (Fsp3) is 0.143. The molecule has 2 aromatic carbocycles. The van der Waals surface area contributed by atoms with E-state index in [9.17, 15) is 13.2 Å². The number of halogens is 4. The van der Waals surface area contributed by atoms with Gasteiger partial charge in [0.15, 0.2) is 0 Å². The van der Waals surface area contributed by atoms with E-state index in [0.717, 1.165) is 9.26 Å². The van der Waals surface area contributed by atoms with Gasteiger partial charge in [0.1, 0.15) is 5.75 Å². The molecule has 0 radical (unpaired) electrons. The highest BCUT2D eigenvalue weighted by Crippen LogP contribution is 2.24. The minimum atomic E-state index is -4.67. The summed E-state index contributed by atoms with van der Waals surface area (Å²) in [6, 6.07) is 13.6. The number of hydrogen-bond acceptors (Lipinski definition) is 2. The van der Waals surface area contributed by atoms with Gasteiger partial charge in [-0.1, -0.05) is 24.3 Å². The standard InChI is InChI=1S/C14H11F3INO/c15-14(16,17)20-11-5-3-4-10(8-11)9-19-13-7-2-1-6-12(13)18/h1-8,19H,9H2. The highest BCUT2D eigenvalue weighted by atomic mass is 127. The Bertz CT molecular complexity index is 587. The van der Waals surface area contributed by atoms with Crippen molar-refractivity contribution in [3.05, 3.63) is 57.7 Å². The van der Waals surface area contributed by atoms with E-state index in [1.165, 1.54) is 18.2 Å². The largest absolute Gasteiger partial charge is 0.573 e. The Hall–Kier alpha value is -1.44. The third-order valence-electron chi connectivity index (χ3n) is 2.49. The molecule has 2 nitrogen and oxygen atoms in total. The van der Waals surface area contributed by atoms with E-state index in [2.05, 4.69) is 32.6 Å². The van der Waals surface area contributed by atoms with Crippen LogP contribution in [0.4, 0.5) is 18.9 Å². The van der Waals surface area contributed by atoms with Crippen LogP contribution in [0.15, 0.2) is 48.5 Å². The second-order valence-corrected chi connectivity index (χ2v) is 5.19. The van der Waals surface area contributed by atoms with Gasteiger partial charge >= 0.3 is 6.36 Å². The number of hydrogen-bond donors (Lipinski definition) is 1. The van der Waals surface area contributed by atoms with E-state index < -0.39 is 6.36 Å². The van der Waals surface area contributed by atoms with E-state index in [-0.39, 0.29) is 5.75 Å². The minimum absolute atomic E-state index is 0.209. The van der Waals surface area contributed by atoms with Crippen LogP contribution in [0.2, 0.25) is 0 Å². The Morgan fingerprint density at radius 1 is 1.05 bits per heavy atom. The average Bonchev–Trinajstić information content (AvgIpc) is 2.36. The maximum Gasteiger partial charge on any atom is 0.573 e. The molecule has 0 saturated carbocycles. The Kier molecular flexibility index (Phi) is 4.74. The van der Waals surface area contributed by atoms with Crippen molar-refractivity contribution in [1.82, 2.24) is 0 Å². The lowest BCUT2D eigenvalue weighted by Gasteiger charge is -2.11. The summed E-state index contributed by atoms with van der Waals surface area (Å²) in [6.07, 6.45) is -4.67. The maximum atomic E-state index is 12.1. The molecule has 2 aromatic rings. The van der Waals surface area contributed by atoms with Crippen LogP contribution in [0.5, 0.6) is 5.75 Å². The van der Waals surface area contributed by atoms with Crippen molar-refractivity contribution in [3.8, 4) is 5.75 Å². The number of rotatable bonds is 4. The number of ether oxygens (including phenoxy) is 1. The van der Waals surface area contributed by atoms with E-state index >= 15 is 0 Å². The van der Waals surface area contributed by atoms with E-state index in [4.69, 9.17) is 0 Å². The fourth-order valence-corrected chi connectivity index (χ4v) is 2.23. The van der Waals surface area contributed by atoms with Crippen molar-refractivity contribution >= 4 is 28.3 Å². The summed E-state index contributed by atoms with van der Waals surface area (Å²) in [6.45, 7) is 0.426. The predicted molar refractivity (Wildman–Crippen MR) is 79.6 cm³/mol. The summed E-state index contributed by atoms with van der Waals surface area (Å²) in [5.74, 6) is -0.209. The molecule has 6 heteroatoms. The molecule has 1 N–H and O–H groups in total. The molecule has 0 bridgehead atoms. The van der Waals surface area contributed by atoms with Crippen LogP contribution < -0.4 is 10.1 Å². The average molecular weight is 393 g/mol. The van der Waals surface area contributed by atoms with Gasteiger partial charge in [-0.15, -0.1) is 13.2 Å². The third-order valence-corrected chi connectivity index (χ3v) is 3.43. The number of para-hydroxylation sites is 1. The van der Waals surface area contributed by atoms with Crippen molar-refractivity contribution < 1.29 is 17.9 Å². The lowest BCUT2D eigenvalue weighted by molar-refractivity contribution is -0.274. The van der Waals surface area contributed by atoms with Crippen molar-refractivity contribution in [3.63, 3.8) is 0 Å². The first kappa shape index (κ1) is 15.0. The molecular formula is C14H11F3INO. The Morgan fingerprint density at radius 3 is 2.50 bits per heavy atom. The molecule has 2 rings (SSSR count). The van der Waals surface area contributed by atoms with Crippen LogP contribution >= 0.6 is 22.6 Å². The quantitative estimate of drug-likeness (QED) is 0.754. The van der Waals surface area contributed by atoms with Gasteiger partial charge in [0, 0.05) is 15.8 Å². The maximum absolute atomic E-state index is 12.1. The zero-order chi connectivity index (χ0) is 14.6. The highest BCUT2D eigenvalue weighted by molar-refractivity contribution is 14.1. The monoisotopic (exact) mass is 393 g/mol. The summed E-state index contributed by atoms with van der Waals surface area (Å²) in [4.78, 5) is 0. The van der Waals surface area contributed by atoms with Crippen LogP contribution in [-0.2, 0) is 6.54 Å². The first-order valence-electron chi connectivity index (χ1n) is 5.77.